The summed E-state index contributed by atoms with van der Waals surface area (Å²) in [4.78, 5) is 0. The van der Waals surface area contributed by atoms with Gasteiger partial charge in [0.15, 0.2) is 5.84 Å². The van der Waals surface area contributed by atoms with Crippen molar-refractivity contribution in [3.63, 3.8) is 0 Å². The summed E-state index contributed by atoms with van der Waals surface area (Å²) in [6, 6.07) is 5.72. The second kappa shape index (κ2) is 6.85. The van der Waals surface area contributed by atoms with Crippen LogP contribution in [0.3, 0.4) is 0 Å². The topological polar surface area (TPSA) is 101 Å². The van der Waals surface area contributed by atoms with Gasteiger partial charge in [-0.15, -0.1) is 10.2 Å². The lowest BCUT2D eigenvalue weighted by atomic mass is 10.0. The molecule has 4 N–H and O–H groups in total. The van der Waals surface area contributed by atoms with Gasteiger partial charge in [0.05, 0.1) is 6.54 Å². The Labute approximate surface area is 123 Å². The quantitative estimate of drug-likeness (QED) is 0.318. The van der Waals surface area contributed by atoms with Crippen molar-refractivity contribution in [1.82, 2.24) is 20.1 Å². The van der Waals surface area contributed by atoms with E-state index in [9.17, 15) is 0 Å². The van der Waals surface area contributed by atoms with Crippen LogP contribution >= 0.6 is 0 Å². The third-order valence-electron chi connectivity index (χ3n) is 3.38. The Morgan fingerprint density at radius 3 is 2.90 bits per heavy atom. The van der Waals surface area contributed by atoms with Crippen LogP contribution in [0.2, 0.25) is 0 Å². The maximum absolute atomic E-state index is 8.68. The Hall–Kier alpha value is -2.41. The molecule has 0 fully saturated rings. The van der Waals surface area contributed by atoms with Crippen LogP contribution in [-0.4, -0.2) is 25.8 Å². The number of benzene rings is 1. The van der Waals surface area contributed by atoms with Crippen LogP contribution in [0.1, 0.15) is 29.4 Å². The monoisotopic (exact) mass is 288 g/mol. The molecule has 1 aromatic heterocycles. The van der Waals surface area contributed by atoms with Crippen molar-refractivity contribution in [1.29, 1.82) is 0 Å². The number of rotatable bonds is 6. The standard InChI is InChI=1S/C14H20N6O/c1-3-20-9-17-18-13(20)8-16-7-12-5-4-11(6-10(12)2)14(15)19-21/h4-6,9,16,21H,3,7-8H2,1-2H3,(H2,15,19). The first-order valence-electron chi connectivity index (χ1n) is 6.80. The van der Waals surface area contributed by atoms with Crippen LogP contribution in [0.5, 0.6) is 0 Å². The largest absolute Gasteiger partial charge is 0.409 e. The van der Waals surface area contributed by atoms with Gasteiger partial charge in [0.1, 0.15) is 12.2 Å². The number of hydrogen-bond acceptors (Lipinski definition) is 5. The molecule has 0 atom stereocenters. The Morgan fingerprint density at radius 1 is 1.43 bits per heavy atom. The number of nitrogens with two attached hydrogens (primary N) is 1. The second-order valence-electron chi connectivity index (χ2n) is 4.76. The smallest absolute Gasteiger partial charge is 0.170 e. The number of hydrogen-bond donors (Lipinski definition) is 3. The first-order valence-corrected chi connectivity index (χ1v) is 6.80. The summed E-state index contributed by atoms with van der Waals surface area (Å²) in [5.41, 5.74) is 8.53. The summed E-state index contributed by atoms with van der Waals surface area (Å²) in [6.07, 6.45) is 1.73. The first-order chi connectivity index (χ1) is 10.2. The van der Waals surface area contributed by atoms with Gasteiger partial charge in [0, 0.05) is 18.7 Å². The second-order valence-corrected chi connectivity index (χ2v) is 4.76. The van der Waals surface area contributed by atoms with Gasteiger partial charge in [-0.05, 0) is 31.0 Å². The van der Waals surface area contributed by atoms with E-state index in [0.29, 0.717) is 12.1 Å². The van der Waals surface area contributed by atoms with E-state index in [-0.39, 0.29) is 5.84 Å². The molecule has 2 aromatic rings. The highest BCUT2D eigenvalue weighted by atomic mass is 16.4. The zero-order valence-electron chi connectivity index (χ0n) is 12.2. The molecule has 7 heteroatoms. The summed E-state index contributed by atoms with van der Waals surface area (Å²) in [5, 5.41) is 23.0. The summed E-state index contributed by atoms with van der Waals surface area (Å²) >= 11 is 0. The van der Waals surface area contributed by atoms with Crippen molar-refractivity contribution < 1.29 is 5.21 Å². The van der Waals surface area contributed by atoms with E-state index in [1.54, 1.807) is 6.33 Å². The average molecular weight is 288 g/mol. The summed E-state index contributed by atoms with van der Waals surface area (Å²) in [5.74, 6) is 1.04. The number of amidine groups is 1. The molecule has 0 aliphatic carbocycles. The van der Waals surface area contributed by atoms with Gasteiger partial charge in [0.2, 0.25) is 0 Å². The van der Waals surface area contributed by atoms with E-state index in [0.717, 1.165) is 30.0 Å². The molecule has 7 nitrogen and oxygen atoms in total. The summed E-state index contributed by atoms with van der Waals surface area (Å²) in [6.45, 7) is 6.30. The predicted octanol–water partition coefficient (Wildman–Crippen LogP) is 0.991. The highest BCUT2D eigenvalue weighted by molar-refractivity contribution is 5.97. The van der Waals surface area contributed by atoms with E-state index < -0.39 is 0 Å². The first kappa shape index (κ1) is 15.0. The Morgan fingerprint density at radius 2 is 2.24 bits per heavy atom. The molecule has 1 heterocycles. The minimum Gasteiger partial charge on any atom is -0.409 e. The molecule has 1 aromatic carbocycles. The summed E-state index contributed by atoms with van der Waals surface area (Å²) in [7, 11) is 0. The van der Waals surface area contributed by atoms with Crippen LogP contribution in [0, 0.1) is 6.92 Å². The molecule has 0 unspecified atom stereocenters. The van der Waals surface area contributed by atoms with Crippen molar-refractivity contribution in [3.05, 3.63) is 47.0 Å². The average Bonchev–Trinajstić information content (AvgIpc) is 2.95. The molecule has 0 radical (unpaired) electrons. The van der Waals surface area contributed by atoms with Crippen LogP contribution in [-0.2, 0) is 19.6 Å². The number of nitrogens with one attached hydrogen (secondary N) is 1. The number of aryl methyl sites for hydroxylation is 2. The minimum absolute atomic E-state index is 0.119. The third-order valence-corrected chi connectivity index (χ3v) is 3.38. The van der Waals surface area contributed by atoms with Gasteiger partial charge in [-0.2, -0.15) is 0 Å². The molecule has 0 saturated heterocycles. The lowest BCUT2D eigenvalue weighted by Gasteiger charge is -2.09. The molecule has 0 aliphatic rings. The molecular weight excluding hydrogens is 268 g/mol. The molecule has 0 aliphatic heterocycles. The minimum atomic E-state index is 0.119. The zero-order chi connectivity index (χ0) is 15.2. The molecule has 0 bridgehead atoms. The fourth-order valence-corrected chi connectivity index (χ4v) is 2.10. The van der Waals surface area contributed by atoms with Crippen LogP contribution in [0.4, 0.5) is 0 Å². The highest BCUT2D eigenvalue weighted by Gasteiger charge is 2.05. The molecule has 2 rings (SSSR count). The molecule has 0 spiro atoms. The van der Waals surface area contributed by atoms with Gasteiger partial charge < -0.3 is 20.8 Å². The molecular formula is C14H20N6O. The van der Waals surface area contributed by atoms with Crippen LogP contribution < -0.4 is 11.1 Å². The van der Waals surface area contributed by atoms with Gasteiger partial charge in [-0.25, -0.2) is 0 Å². The normalized spacial score (nSPS) is 11.8. The van der Waals surface area contributed by atoms with Crippen molar-refractivity contribution in [2.24, 2.45) is 10.9 Å². The van der Waals surface area contributed by atoms with Crippen molar-refractivity contribution >= 4 is 5.84 Å². The third kappa shape index (κ3) is 3.57. The van der Waals surface area contributed by atoms with Crippen LogP contribution in [0.15, 0.2) is 29.7 Å². The van der Waals surface area contributed by atoms with E-state index in [4.69, 9.17) is 10.9 Å². The fourth-order valence-electron chi connectivity index (χ4n) is 2.10. The number of nitrogens with zero attached hydrogens (tertiary/aromatic N) is 4. The number of aromatic nitrogens is 3. The van der Waals surface area contributed by atoms with Crippen molar-refractivity contribution in [3.8, 4) is 0 Å². The van der Waals surface area contributed by atoms with Gasteiger partial charge in [0.25, 0.3) is 0 Å². The molecule has 112 valence electrons. The fraction of sp³-hybridized carbons (Fsp3) is 0.357. The SMILES string of the molecule is CCn1cnnc1CNCc1ccc(/C(N)=N/O)cc1C. The summed E-state index contributed by atoms with van der Waals surface area (Å²) < 4.78 is 2.00. The van der Waals surface area contributed by atoms with E-state index >= 15 is 0 Å². The van der Waals surface area contributed by atoms with Gasteiger partial charge in [-0.3, -0.25) is 0 Å². The van der Waals surface area contributed by atoms with E-state index in [2.05, 4.69) is 27.6 Å². The maximum atomic E-state index is 8.68. The zero-order valence-corrected chi connectivity index (χ0v) is 12.2. The Bertz CT molecular complexity index is 634. The van der Waals surface area contributed by atoms with Crippen molar-refractivity contribution in [2.45, 2.75) is 33.5 Å². The molecule has 0 saturated carbocycles. The lowest BCUT2D eigenvalue weighted by molar-refractivity contribution is 0.318. The van der Waals surface area contributed by atoms with Crippen LogP contribution in [0.25, 0.3) is 0 Å². The highest BCUT2D eigenvalue weighted by Crippen LogP contribution is 2.11. The lowest BCUT2D eigenvalue weighted by Crippen LogP contribution is -2.18. The van der Waals surface area contributed by atoms with E-state index in [1.165, 1.54) is 0 Å². The predicted molar refractivity (Wildman–Crippen MR) is 79.9 cm³/mol. The molecule has 0 amide bonds. The van der Waals surface area contributed by atoms with E-state index in [1.807, 2.05) is 29.7 Å². The van der Waals surface area contributed by atoms with Crippen molar-refractivity contribution in [2.75, 3.05) is 0 Å². The Balaban J connectivity index is 1.98. The molecule has 21 heavy (non-hydrogen) atoms. The number of oxime groups is 1. The van der Waals surface area contributed by atoms with Gasteiger partial charge >= 0.3 is 0 Å². The maximum Gasteiger partial charge on any atom is 0.170 e. The Kier molecular flexibility index (Phi) is 4.89. The van der Waals surface area contributed by atoms with Gasteiger partial charge in [-0.1, -0.05) is 17.3 Å².